The molecule has 13 nitrogen and oxygen atoms in total. The van der Waals surface area contributed by atoms with Gasteiger partial charge < -0.3 is 31.3 Å². The van der Waals surface area contributed by atoms with Crippen molar-refractivity contribution in [1.29, 1.82) is 0 Å². The number of nitrogens with two attached hydrogens (primary N) is 1. The van der Waals surface area contributed by atoms with Crippen molar-refractivity contribution in [1.82, 2.24) is 19.6 Å². The molecule has 0 radical (unpaired) electrons. The Kier molecular flexibility index (Phi) is 14.4. The molecule has 0 amide bonds. The number of anilines is 3. The Bertz CT molecular complexity index is 1810. The molecule has 290 valence electrons. The summed E-state index contributed by atoms with van der Waals surface area (Å²) in [7, 11) is 0. The Morgan fingerprint density at radius 1 is 0.830 bits per heavy atom. The fourth-order valence-electron chi connectivity index (χ4n) is 4.04. The zero-order valence-corrected chi connectivity index (χ0v) is 26.5. The van der Waals surface area contributed by atoms with Crippen LogP contribution in [0, 0.1) is 17.6 Å². The summed E-state index contributed by atoms with van der Waals surface area (Å²) in [6.45, 7) is 3.81. The van der Waals surface area contributed by atoms with Crippen LogP contribution in [0.25, 0.3) is 16.8 Å². The third-order valence-corrected chi connectivity index (χ3v) is 6.73. The number of carboxylic acids is 3. The number of hydrogen-bond donors (Lipinski definition) is 5. The van der Waals surface area contributed by atoms with Crippen molar-refractivity contribution in [3.63, 3.8) is 0 Å². The van der Waals surface area contributed by atoms with Crippen LogP contribution < -0.4 is 16.0 Å². The fourth-order valence-corrected chi connectivity index (χ4v) is 4.04. The SMILES string of the molecule is C[C@@H]1CCN(c2ccncc2Nc2ncc3ccc(-c4c(F)cccc4F)nn23)C[C@H]1N.O=C(O)C(F)(F)F.O=C(O)C(F)(F)F.O=C(O)C(F)(F)F. The number of aromatic nitrogens is 4. The van der Waals surface area contributed by atoms with E-state index in [0.29, 0.717) is 17.4 Å². The molecular weight excluding hydrogens is 751 g/mol. The summed E-state index contributed by atoms with van der Waals surface area (Å²) in [5, 5.41) is 29.1. The van der Waals surface area contributed by atoms with Crippen LogP contribution in [0.1, 0.15) is 13.3 Å². The van der Waals surface area contributed by atoms with E-state index in [1.165, 1.54) is 22.7 Å². The predicted octanol–water partition coefficient (Wildman–Crippen LogP) is 5.89. The van der Waals surface area contributed by atoms with Crippen LogP contribution in [0.4, 0.5) is 65.6 Å². The third kappa shape index (κ3) is 12.7. The molecule has 5 rings (SSSR count). The number of pyridine rings is 1. The average molecular weight is 778 g/mol. The van der Waals surface area contributed by atoms with Gasteiger partial charge in [-0.15, -0.1) is 0 Å². The number of nitrogens with zero attached hydrogens (tertiary/aromatic N) is 5. The molecule has 24 heteroatoms. The molecule has 2 atom stereocenters. The van der Waals surface area contributed by atoms with Gasteiger partial charge in [-0.3, -0.25) is 4.98 Å². The Morgan fingerprint density at radius 3 is 1.81 bits per heavy atom. The van der Waals surface area contributed by atoms with E-state index in [4.69, 9.17) is 35.4 Å². The van der Waals surface area contributed by atoms with Crippen molar-refractivity contribution in [2.75, 3.05) is 23.3 Å². The number of carboxylic acid groups (broad SMARTS) is 3. The number of alkyl halides is 9. The molecule has 3 aromatic heterocycles. The molecule has 1 aromatic carbocycles. The number of benzene rings is 1. The minimum absolute atomic E-state index is 0.0944. The van der Waals surface area contributed by atoms with Gasteiger partial charge in [0.05, 0.1) is 40.5 Å². The molecule has 6 N–H and O–H groups in total. The molecule has 0 aliphatic carbocycles. The summed E-state index contributed by atoms with van der Waals surface area (Å²) >= 11 is 0. The molecule has 0 unspecified atom stereocenters. The number of aliphatic carboxylic acids is 3. The van der Waals surface area contributed by atoms with Crippen molar-refractivity contribution in [3.05, 3.63) is 66.6 Å². The number of hydrogen-bond acceptors (Lipinski definition) is 9. The number of halogens is 11. The van der Waals surface area contributed by atoms with Crippen LogP contribution in [0.3, 0.4) is 0 Å². The fraction of sp³-hybridized carbons (Fsp3) is 0.310. The molecule has 4 heterocycles. The van der Waals surface area contributed by atoms with Gasteiger partial charge >= 0.3 is 36.4 Å². The van der Waals surface area contributed by atoms with E-state index in [9.17, 15) is 48.3 Å². The van der Waals surface area contributed by atoms with Gasteiger partial charge in [0.15, 0.2) is 0 Å². The monoisotopic (exact) mass is 777 g/mol. The third-order valence-electron chi connectivity index (χ3n) is 6.73. The first-order chi connectivity index (χ1) is 24.3. The van der Waals surface area contributed by atoms with Gasteiger partial charge in [0.25, 0.3) is 0 Å². The number of piperidine rings is 1. The lowest BCUT2D eigenvalue weighted by Gasteiger charge is -2.37. The van der Waals surface area contributed by atoms with E-state index in [0.717, 1.165) is 30.9 Å². The first-order valence-electron chi connectivity index (χ1n) is 14.3. The average Bonchev–Trinajstić information content (AvgIpc) is 3.44. The largest absolute Gasteiger partial charge is 0.490 e. The van der Waals surface area contributed by atoms with E-state index in [1.54, 1.807) is 30.7 Å². The Labute approximate surface area is 289 Å². The highest BCUT2D eigenvalue weighted by Gasteiger charge is 2.39. The quantitative estimate of drug-likeness (QED) is 0.155. The highest BCUT2D eigenvalue weighted by Crippen LogP contribution is 2.31. The van der Waals surface area contributed by atoms with Gasteiger partial charge in [0.1, 0.15) is 11.6 Å². The number of rotatable bonds is 4. The second-order valence-electron chi connectivity index (χ2n) is 10.5. The van der Waals surface area contributed by atoms with E-state index in [1.807, 2.05) is 6.07 Å². The van der Waals surface area contributed by atoms with Crippen LogP contribution in [0.15, 0.2) is 55.0 Å². The summed E-state index contributed by atoms with van der Waals surface area (Å²) in [6.07, 6.45) is -9.13. The van der Waals surface area contributed by atoms with Gasteiger partial charge in [-0.1, -0.05) is 13.0 Å². The zero-order valence-electron chi connectivity index (χ0n) is 26.5. The predicted molar refractivity (Wildman–Crippen MR) is 161 cm³/mol. The maximum absolute atomic E-state index is 14.3. The number of nitrogens with one attached hydrogen (secondary N) is 1. The van der Waals surface area contributed by atoms with Gasteiger partial charge in [-0.2, -0.15) is 49.1 Å². The lowest BCUT2D eigenvalue weighted by atomic mass is 9.94. The minimum atomic E-state index is -5.08. The van der Waals surface area contributed by atoms with Gasteiger partial charge in [0, 0.05) is 25.3 Å². The van der Waals surface area contributed by atoms with Crippen LogP contribution in [0.2, 0.25) is 0 Å². The second kappa shape index (κ2) is 17.6. The Balaban J connectivity index is 0.000000379. The van der Waals surface area contributed by atoms with Crippen LogP contribution >= 0.6 is 0 Å². The molecule has 53 heavy (non-hydrogen) atoms. The first kappa shape index (κ1) is 43.4. The maximum Gasteiger partial charge on any atom is 0.490 e. The van der Waals surface area contributed by atoms with E-state index >= 15 is 0 Å². The van der Waals surface area contributed by atoms with E-state index in [2.05, 4.69) is 32.2 Å². The van der Waals surface area contributed by atoms with Crippen LogP contribution in [-0.4, -0.2) is 90.5 Å². The molecule has 1 fully saturated rings. The maximum atomic E-state index is 14.3. The first-order valence-corrected chi connectivity index (χ1v) is 14.3. The molecule has 1 saturated heterocycles. The molecule has 0 saturated carbocycles. The molecule has 4 aromatic rings. The summed E-state index contributed by atoms with van der Waals surface area (Å²) in [5.41, 5.74) is 8.71. The summed E-state index contributed by atoms with van der Waals surface area (Å²) in [6, 6.07) is 9.09. The van der Waals surface area contributed by atoms with E-state index < -0.39 is 48.1 Å². The van der Waals surface area contributed by atoms with Crippen molar-refractivity contribution in [2.45, 2.75) is 37.9 Å². The lowest BCUT2D eigenvalue weighted by molar-refractivity contribution is -0.193. The number of imidazole rings is 1. The molecule has 0 spiro atoms. The Hall–Kier alpha value is -5.81. The van der Waals surface area contributed by atoms with Crippen LogP contribution in [0.5, 0.6) is 0 Å². The smallest absolute Gasteiger partial charge is 0.475 e. The van der Waals surface area contributed by atoms with Gasteiger partial charge in [0.2, 0.25) is 5.95 Å². The number of carbonyl (C=O) groups is 3. The van der Waals surface area contributed by atoms with Gasteiger partial charge in [-0.25, -0.2) is 28.1 Å². The molecule has 1 aliphatic rings. The molecule has 1 aliphatic heterocycles. The van der Waals surface area contributed by atoms with E-state index in [-0.39, 0.29) is 17.3 Å². The topological polar surface area (TPSA) is 196 Å². The summed E-state index contributed by atoms with van der Waals surface area (Å²) < 4.78 is 125. The van der Waals surface area contributed by atoms with Crippen molar-refractivity contribution < 1.29 is 78.0 Å². The van der Waals surface area contributed by atoms with Crippen molar-refractivity contribution in [2.24, 2.45) is 11.7 Å². The van der Waals surface area contributed by atoms with Crippen molar-refractivity contribution >= 4 is 40.7 Å². The normalized spacial score (nSPS) is 15.8. The highest BCUT2D eigenvalue weighted by atomic mass is 19.4. The summed E-state index contributed by atoms with van der Waals surface area (Å²) in [4.78, 5) is 37.6. The highest BCUT2D eigenvalue weighted by molar-refractivity contribution is 5.75. The number of fused-ring (bicyclic) bond motifs is 1. The standard InChI is InChI=1S/C23H23F2N7.3C2HF3O2/c1-14-8-10-31(13-18(14)26)21-7-9-27-12-20(21)29-23-28-11-15-5-6-19(30-32(15)23)22-16(24)3-2-4-17(22)25;3*3-2(4,5)1(6)7/h2-7,9,11-12,14,18H,8,10,13,26H2,1H3,(H,28,29);3*(H,6,7)/t14-,18-;;;/m1.../s1. The summed E-state index contributed by atoms with van der Waals surface area (Å²) in [5.74, 6) is -8.72. The van der Waals surface area contributed by atoms with Crippen LogP contribution in [-0.2, 0) is 14.4 Å². The zero-order chi connectivity index (χ0) is 40.5. The Morgan fingerprint density at radius 2 is 1.34 bits per heavy atom. The van der Waals surface area contributed by atoms with Gasteiger partial charge in [-0.05, 0) is 42.7 Å². The van der Waals surface area contributed by atoms with Crippen molar-refractivity contribution in [3.8, 4) is 11.3 Å². The second-order valence-corrected chi connectivity index (χ2v) is 10.5. The molecular formula is C29H26F11N7O6. The minimum Gasteiger partial charge on any atom is -0.475 e. The molecule has 0 bridgehead atoms. The lowest BCUT2D eigenvalue weighted by Crippen LogP contribution is -2.47.